The van der Waals surface area contributed by atoms with Crippen LogP contribution >= 0.6 is 7.82 Å². The summed E-state index contributed by atoms with van der Waals surface area (Å²) in [5.74, 6) is -0.771. The van der Waals surface area contributed by atoms with E-state index in [2.05, 4.69) is 26.0 Å². The number of phosphoric acid groups is 1. The highest BCUT2D eigenvalue weighted by Gasteiger charge is 2.27. The highest BCUT2D eigenvalue weighted by molar-refractivity contribution is 7.47. The van der Waals surface area contributed by atoms with Gasteiger partial charge in [0.1, 0.15) is 19.8 Å². The van der Waals surface area contributed by atoms with E-state index in [1.165, 1.54) is 340 Å². The molecule has 0 rings (SSSR count). The van der Waals surface area contributed by atoms with Gasteiger partial charge in [-0.3, -0.25) is 18.6 Å². The van der Waals surface area contributed by atoms with Gasteiger partial charge in [-0.2, -0.15) is 0 Å². The Labute approximate surface area is 530 Å². The summed E-state index contributed by atoms with van der Waals surface area (Å²) >= 11 is 0. The molecule has 0 aliphatic heterocycles. The molecule has 1 N–H and O–H groups in total. The average molecular weight is 1220 g/mol. The van der Waals surface area contributed by atoms with E-state index in [0.717, 1.165) is 32.1 Å². The number of carbonyl (C=O) groups excluding carboxylic acids is 2. The van der Waals surface area contributed by atoms with Crippen molar-refractivity contribution in [3.63, 3.8) is 0 Å². The number of allylic oxidation sites excluding steroid dienone is 2. The van der Waals surface area contributed by atoms with E-state index >= 15 is 0 Å². The standard InChI is InChI=1S/C75H148NO8P/c1-6-8-10-12-14-16-18-20-22-24-26-28-30-32-33-34-35-36-37-38-39-40-41-42-44-45-47-49-51-53-55-57-59-61-63-65-67-74(77)81-71-73(72-83-85(79,80)82-70-69-76(3,4)5)84-75(78)68-66-64-62-60-58-56-54-52-50-48-46-43-31-29-27-25-23-21-19-17-15-13-11-9-7-2/h25,27,73H,6-24,26,28-72H2,1-5H3/p+1/b27-25-. The molecule has 0 aliphatic carbocycles. The Morgan fingerprint density at radius 1 is 0.353 bits per heavy atom. The predicted molar refractivity (Wildman–Crippen MR) is 368 cm³/mol. The SMILES string of the molecule is CCCCCCCCCC/C=C\CCCCCCCCCCCCCCCC(=O)OC(COC(=O)CCCCCCCCCCCCCCCCCCCCCCCCCCCCCCCCCCCCCC)COP(=O)(O)OCC[N+](C)(C)C. The fraction of sp³-hybridized carbons (Fsp3) is 0.947. The molecule has 10 heteroatoms. The molecule has 0 aromatic carbocycles. The number of hydrogen-bond donors (Lipinski definition) is 1. The van der Waals surface area contributed by atoms with Gasteiger partial charge in [-0.05, 0) is 38.5 Å². The van der Waals surface area contributed by atoms with Crippen LogP contribution in [0.25, 0.3) is 0 Å². The molecule has 506 valence electrons. The van der Waals surface area contributed by atoms with Gasteiger partial charge in [0.2, 0.25) is 0 Å². The van der Waals surface area contributed by atoms with Crippen molar-refractivity contribution in [3.8, 4) is 0 Å². The fourth-order valence-electron chi connectivity index (χ4n) is 11.7. The van der Waals surface area contributed by atoms with Gasteiger partial charge in [0.05, 0.1) is 27.7 Å². The van der Waals surface area contributed by atoms with Gasteiger partial charge in [-0.25, -0.2) is 4.57 Å². The van der Waals surface area contributed by atoms with Crippen LogP contribution in [0.4, 0.5) is 0 Å². The largest absolute Gasteiger partial charge is 0.472 e. The minimum atomic E-state index is -4.39. The van der Waals surface area contributed by atoms with Crippen LogP contribution in [0.2, 0.25) is 0 Å². The topological polar surface area (TPSA) is 108 Å². The Bertz CT molecular complexity index is 1440. The number of likely N-dealkylation sites (N-methyl/N-ethyl adjacent to an activating group) is 1. The zero-order chi connectivity index (χ0) is 61.9. The second-order valence-electron chi connectivity index (χ2n) is 27.4. The Balaban J connectivity index is 3.90. The van der Waals surface area contributed by atoms with Crippen molar-refractivity contribution in [1.29, 1.82) is 0 Å². The first-order valence-electron chi connectivity index (χ1n) is 37.9. The molecule has 0 aliphatic rings. The van der Waals surface area contributed by atoms with Crippen molar-refractivity contribution >= 4 is 19.8 Å². The maximum Gasteiger partial charge on any atom is 0.472 e. The van der Waals surface area contributed by atoms with Gasteiger partial charge >= 0.3 is 19.8 Å². The number of nitrogens with zero attached hydrogens (tertiary/aromatic N) is 1. The number of quaternary nitrogens is 1. The second-order valence-corrected chi connectivity index (χ2v) is 28.9. The van der Waals surface area contributed by atoms with Crippen LogP contribution < -0.4 is 0 Å². The Morgan fingerprint density at radius 3 is 0.871 bits per heavy atom. The molecule has 0 heterocycles. The van der Waals surface area contributed by atoms with Gasteiger partial charge in [0, 0.05) is 12.8 Å². The second kappa shape index (κ2) is 67.2. The van der Waals surface area contributed by atoms with Crippen LogP contribution in [0, 0.1) is 0 Å². The molecule has 0 saturated carbocycles. The van der Waals surface area contributed by atoms with Crippen LogP contribution in [-0.4, -0.2) is 74.9 Å². The summed E-state index contributed by atoms with van der Waals surface area (Å²) in [6.07, 6.45) is 83.5. The molecule has 0 aromatic rings. The van der Waals surface area contributed by atoms with Crippen molar-refractivity contribution < 1.29 is 42.1 Å². The number of rotatable bonds is 72. The first-order valence-corrected chi connectivity index (χ1v) is 39.4. The molecule has 0 fully saturated rings. The van der Waals surface area contributed by atoms with E-state index in [4.69, 9.17) is 18.5 Å². The molecule has 0 spiro atoms. The normalized spacial score (nSPS) is 13.1. The van der Waals surface area contributed by atoms with Crippen LogP contribution in [0.15, 0.2) is 12.2 Å². The van der Waals surface area contributed by atoms with Gasteiger partial charge in [0.25, 0.3) is 0 Å². The molecular formula is C75H149NO8P+. The average Bonchev–Trinajstić information content (AvgIpc) is 3.54. The van der Waals surface area contributed by atoms with Crippen molar-refractivity contribution in [2.24, 2.45) is 0 Å². The molecule has 0 radical (unpaired) electrons. The monoisotopic (exact) mass is 1220 g/mol. The summed E-state index contributed by atoms with van der Waals surface area (Å²) in [6.45, 7) is 4.52. The summed E-state index contributed by atoms with van der Waals surface area (Å²) < 4.78 is 34.8. The fourth-order valence-corrected chi connectivity index (χ4v) is 12.5. The van der Waals surface area contributed by atoms with Crippen molar-refractivity contribution in [2.45, 2.75) is 412 Å². The van der Waals surface area contributed by atoms with Gasteiger partial charge in [0.15, 0.2) is 6.10 Å². The molecule has 9 nitrogen and oxygen atoms in total. The Hall–Kier alpha value is -1.25. The van der Waals surface area contributed by atoms with Crippen molar-refractivity contribution in [3.05, 3.63) is 12.2 Å². The lowest BCUT2D eigenvalue weighted by atomic mass is 10.0. The lowest BCUT2D eigenvalue weighted by Crippen LogP contribution is -2.37. The minimum Gasteiger partial charge on any atom is -0.462 e. The molecule has 0 bridgehead atoms. The lowest BCUT2D eigenvalue weighted by Gasteiger charge is -2.24. The number of esters is 2. The first-order chi connectivity index (χ1) is 41.5. The van der Waals surface area contributed by atoms with Crippen molar-refractivity contribution in [2.75, 3.05) is 47.5 Å². The third kappa shape index (κ3) is 71.7. The van der Waals surface area contributed by atoms with E-state index in [9.17, 15) is 19.0 Å². The predicted octanol–water partition coefficient (Wildman–Crippen LogP) is 24.7. The van der Waals surface area contributed by atoms with Crippen LogP contribution in [0.5, 0.6) is 0 Å². The summed E-state index contributed by atoms with van der Waals surface area (Å²) in [5.41, 5.74) is 0. The molecule has 0 amide bonds. The van der Waals surface area contributed by atoms with E-state index < -0.39 is 26.5 Å². The van der Waals surface area contributed by atoms with E-state index in [1.54, 1.807) is 0 Å². The lowest BCUT2D eigenvalue weighted by molar-refractivity contribution is -0.870. The molecule has 0 aromatic heterocycles. The summed E-state index contributed by atoms with van der Waals surface area (Å²) in [5, 5.41) is 0. The van der Waals surface area contributed by atoms with Crippen LogP contribution in [0.1, 0.15) is 406 Å². The number of phosphoric ester groups is 1. The number of unbranched alkanes of at least 4 members (excludes halogenated alkanes) is 56. The van der Waals surface area contributed by atoms with E-state index in [0.29, 0.717) is 23.9 Å². The molecule has 85 heavy (non-hydrogen) atoms. The number of ether oxygens (including phenoxy) is 2. The Morgan fingerprint density at radius 2 is 0.600 bits per heavy atom. The summed E-state index contributed by atoms with van der Waals surface area (Å²) in [4.78, 5) is 35.9. The van der Waals surface area contributed by atoms with Crippen molar-refractivity contribution in [1.82, 2.24) is 0 Å². The Kier molecular flexibility index (Phi) is 66.2. The first kappa shape index (κ1) is 83.8. The molecule has 2 atom stereocenters. The van der Waals surface area contributed by atoms with E-state index in [-0.39, 0.29) is 25.6 Å². The number of hydrogen-bond acceptors (Lipinski definition) is 7. The maximum atomic E-state index is 12.9. The highest BCUT2D eigenvalue weighted by Crippen LogP contribution is 2.43. The summed E-state index contributed by atoms with van der Waals surface area (Å²) in [7, 11) is 1.50. The zero-order valence-electron chi connectivity index (χ0n) is 57.9. The van der Waals surface area contributed by atoms with Gasteiger partial charge in [-0.1, -0.05) is 366 Å². The smallest absolute Gasteiger partial charge is 0.462 e. The van der Waals surface area contributed by atoms with Crippen LogP contribution in [-0.2, 0) is 32.7 Å². The third-order valence-corrected chi connectivity index (χ3v) is 18.5. The zero-order valence-corrected chi connectivity index (χ0v) is 58.8. The van der Waals surface area contributed by atoms with Crippen LogP contribution in [0.3, 0.4) is 0 Å². The molecular weight excluding hydrogens is 1070 g/mol. The minimum absolute atomic E-state index is 0.0361. The van der Waals surface area contributed by atoms with Gasteiger partial charge in [-0.15, -0.1) is 0 Å². The van der Waals surface area contributed by atoms with E-state index in [1.807, 2.05) is 21.1 Å². The van der Waals surface area contributed by atoms with Gasteiger partial charge < -0.3 is 18.9 Å². The number of carbonyl (C=O) groups is 2. The third-order valence-electron chi connectivity index (χ3n) is 17.5. The molecule has 2 unspecified atom stereocenters. The summed E-state index contributed by atoms with van der Waals surface area (Å²) in [6, 6.07) is 0. The maximum absolute atomic E-state index is 12.9. The quantitative estimate of drug-likeness (QED) is 0.0211. The highest BCUT2D eigenvalue weighted by atomic mass is 31.2. The molecule has 0 saturated heterocycles.